The second kappa shape index (κ2) is 9.98. The van der Waals surface area contributed by atoms with Gasteiger partial charge in [-0.25, -0.2) is 0 Å². The van der Waals surface area contributed by atoms with Crippen LogP contribution in [-0.4, -0.2) is 25.0 Å². The average Bonchev–Trinajstić information content (AvgIpc) is 3.27. The summed E-state index contributed by atoms with van der Waals surface area (Å²) >= 11 is 0. The number of fused-ring (bicyclic) bond motifs is 1. The van der Waals surface area contributed by atoms with E-state index in [0.29, 0.717) is 12.5 Å². The fraction of sp³-hybridized carbons (Fsp3) is 0.381. The minimum absolute atomic E-state index is 0. The van der Waals surface area contributed by atoms with Crippen molar-refractivity contribution in [1.82, 2.24) is 5.32 Å². The van der Waals surface area contributed by atoms with E-state index in [1.807, 2.05) is 18.2 Å². The van der Waals surface area contributed by atoms with Crippen LogP contribution in [0, 0.1) is 0 Å². The molecule has 2 aromatic carbocycles. The summed E-state index contributed by atoms with van der Waals surface area (Å²) in [6, 6.07) is 17.1. The highest BCUT2D eigenvalue weighted by Gasteiger charge is 2.21. The molecule has 2 aliphatic heterocycles. The number of halogens is 2. The summed E-state index contributed by atoms with van der Waals surface area (Å²) in [5.41, 5.74) is 4.84. The zero-order valence-electron chi connectivity index (χ0n) is 15.3. The van der Waals surface area contributed by atoms with Crippen molar-refractivity contribution in [2.75, 3.05) is 23.3 Å². The lowest BCUT2D eigenvalue weighted by molar-refractivity contribution is -0.116. The Hall–Kier alpha value is -1.75. The number of amides is 1. The topological polar surface area (TPSA) is 44.4 Å². The van der Waals surface area contributed by atoms with Gasteiger partial charge in [0, 0.05) is 36.9 Å². The summed E-state index contributed by atoms with van der Waals surface area (Å²) < 4.78 is 0. The van der Waals surface area contributed by atoms with Crippen LogP contribution in [-0.2, 0) is 17.8 Å². The van der Waals surface area contributed by atoms with Crippen molar-refractivity contribution in [1.29, 1.82) is 0 Å². The molecule has 1 amide bonds. The molecule has 1 fully saturated rings. The number of anilines is 2. The molecule has 0 aromatic heterocycles. The Labute approximate surface area is 173 Å². The van der Waals surface area contributed by atoms with Gasteiger partial charge in [-0.05, 0) is 49.1 Å². The van der Waals surface area contributed by atoms with Crippen LogP contribution < -0.4 is 15.5 Å². The first-order valence-corrected chi connectivity index (χ1v) is 9.23. The van der Waals surface area contributed by atoms with Crippen molar-refractivity contribution in [2.45, 2.75) is 38.3 Å². The normalized spacial score (nSPS) is 17.6. The smallest absolute Gasteiger partial charge is 0.225 e. The fourth-order valence-corrected chi connectivity index (χ4v) is 3.91. The summed E-state index contributed by atoms with van der Waals surface area (Å²) in [5, 5.41) is 6.52. The summed E-state index contributed by atoms with van der Waals surface area (Å²) in [4.78, 5) is 14.8. The number of carbonyl (C=O) groups excluding carboxylic acids is 1. The Balaban J connectivity index is 0.00000131. The Morgan fingerprint density at radius 2 is 1.89 bits per heavy atom. The van der Waals surface area contributed by atoms with Crippen molar-refractivity contribution >= 4 is 42.1 Å². The van der Waals surface area contributed by atoms with Crippen molar-refractivity contribution in [3.05, 3.63) is 59.7 Å². The van der Waals surface area contributed by atoms with Crippen LogP contribution in [0.3, 0.4) is 0 Å². The van der Waals surface area contributed by atoms with Crippen molar-refractivity contribution in [3.8, 4) is 0 Å². The van der Waals surface area contributed by atoms with Gasteiger partial charge >= 0.3 is 0 Å². The minimum Gasteiger partial charge on any atom is -0.367 e. The van der Waals surface area contributed by atoms with E-state index in [4.69, 9.17) is 0 Å². The van der Waals surface area contributed by atoms with Crippen LogP contribution >= 0.6 is 24.8 Å². The van der Waals surface area contributed by atoms with E-state index in [9.17, 15) is 4.79 Å². The third-order valence-electron chi connectivity index (χ3n) is 5.23. The third-order valence-corrected chi connectivity index (χ3v) is 5.23. The van der Waals surface area contributed by atoms with Crippen LogP contribution in [0.4, 0.5) is 11.4 Å². The number of carbonyl (C=O) groups is 1. The van der Waals surface area contributed by atoms with E-state index >= 15 is 0 Å². The zero-order valence-corrected chi connectivity index (χ0v) is 17.0. The molecular formula is C21H27Cl2N3O. The van der Waals surface area contributed by atoms with Crippen LogP contribution in [0.15, 0.2) is 48.5 Å². The lowest BCUT2D eigenvalue weighted by Crippen LogP contribution is -2.28. The predicted octanol–water partition coefficient (Wildman–Crippen LogP) is 4.17. The third kappa shape index (κ3) is 5.16. The molecule has 2 N–H and O–H groups in total. The number of hydrogen-bond acceptors (Lipinski definition) is 3. The molecule has 0 aliphatic carbocycles. The van der Waals surface area contributed by atoms with Crippen molar-refractivity contribution < 1.29 is 4.79 Å². The van der Waals surface area contributed by atoms with Gasteiger partial charge in [0.25, 0.3) is 0 Å². The van der Waals surface area contributed by atoms with E-state index in [1.54, 1.807) is 0 Å². The van der Waals surface area contributed by atoms with Crippen LogP contribution in [0.2, 0.25) is 0 Å². The predicted molar refractivity (Wildman–Crippen MR) is 116 cm³/mol. The first-order chi connectivity index (χ1) is 12.3. The standard InChI is InChI=1S/C21H25N3O.2ClH/c25-21(14-18-8-5-12-22-18)23-19-9-3-1-7-17(19)15-24-13-11-16-6-2-4-10-20(16)24;;/h1-4,6-7,9-10,18,22H,5,8,11-15H2,(H,23,25);2*1H. The first-order valence-electron chi connectivity index (χ1n) is 9.23. The highest BCUT2D eigenvalue weighted by atomic mass is 35.5. The van der Waals surface area contributed by atoms with Gasteiger partial charge in [0.2, 0.25) is 5.91 Å². The Kier molecular flexibility index (Phi) is 7.96. The maximum Gasteiger partial charge on any atom is 0.225 e. The summed E-state index contributed by atoms with van der Waals surface area (Å²) in [6.45, 7) is 2.89. The molecule has 1 atom stereocenters. The maximum atomic E-state index is 12.4. The second-order valence-corrected chi connectivity index (χ2v) is 7.00. The van der Waals surface area contributed by atoms with Gasteiger partial charge in [0.15, 0.2) is 0 Å². The lowest BCUT2D eigenvalue weighted by Gasteiger charge is -2.21. The largest absolute Gasteiger partial charge is 0.367 e. The molecule has 2 aliphatic rings. The van der Waals surface area contributed by atoms with Gasteiger partial charge in [0.05, 0.1) is 0 Å². The van der Waals surface area contributed by atoms with E-state index in [1.165, 1.54) is 23.2 Å². The lowest BCUT2D eigenvalue weighted by atomic mass is 10.1. The molecule has 0 spiro atoms. The zero-order chi connectivity index (χ0) is 17.1. The van der Waals surface area contributed by atoms with Crippen molar-refractivity contribution in [3.63, 3.8) is 0 Å². The average molecular weight is 408 g/mol. The molecule has 1 unspecified atom stereocenters. The molecule has 4 nitrogen and oxygen atoms in total. The van der Waals surface area contributed by atoms with Gasteiger partial charge in [-0.15, -0.1) is 24.8 Å². The summed E-state index contributed by atoms with van der Waals surface area (Å²) in [5.74, 6) is 0.105. The van der Waals surface area contributed by atoms with E-state index in [0.717, 1.165) is 38.2 Å². The van der Waals surface area contributed by atoms with Gasteiger partial charge < -0.3 is 15.5 Å². The Morgan fingerprint density at radius 1 is 1.11 bits per heavy atom. The number of nitrogens with one attached hydrogen (secondary N) is 2. The fourth-order valence-electron chi connectivity index (χ4n) is 3.91. The molecule has 0 saturated carbocycles. The number of hydrogen-bond donors (Lipinski definition) is 2. The maximum absolute atomic E-state index is 12.4. The molecule has 4 rings (SSSR count). The molecule has 0 radical (unpaired) electrons. The highest BCUT2D eigenvalue weighted by molar-refractivity contribution is 5.92. The monoisotopic (exact) mass is 407 g/mol. The van der Waals surface area contributed by atoms with Gasteiger partial charge in [-0.1, -0.05) is 36.4 Å². The molecule has 0 bridgehead atoms. The number of benzene rings is 2. The first kappa shape index (κ1) is 21.5. The van der Waals surface area contributed by atoms with Crippen LogP contribution in [0.1, 0.15) is 30.4 Å². The number of para-hydroxylation sites is 2. The van der Waals surface area contributed by atoms with Crippen LogP contribution in [0.5, 0.6) is 0 Å². The SMILES string of the molecule is Cl.Cl.O=C(CC1CCCN1)Nc1ccccc1CN1CCc2ccccc21. The van der Waals surface area contributed by atoms with Gasteiger partial charge in [-0.2, -0.15) is 0 Å². The molecule has 27 heavy (non-hydrogen) atoms. The van der Waals surface area contributed by atoms with Gasteiger partial charge in [0.1, 0.15) is 0 Å². The Bertz CT molecular complexity index is 763. The molecule has 2 aromatic rings. The molecule has 1 saturated heterocycles. The molecule has 146 valence electrons. The molecule has 6 heteroatoms. The van der Waals surface area contributed by atoms with E-state index in [2.05, 4.69) is 45.9 Å². The number of rotatable bonds is 5. The quantitative estimate of drug-likeness (QED) is 0.781. The Morgan fingerprint density at radius 3 is 2.70 bits per heavy atom. The van der Waals surface area contributed by atoms with Crippen LogP contribution in [0.25, 0.3) is 0 Å². The molecule has 2 heterocycles. The number of nitrogens with zero attached hydrogens (tertiary/aromatic N) is 1. The van der Waals surface area contributed by atoms with Crippen molar-refractivity contribution in [2.24, 2.45) is 0 Å². The highest BCUT2D eigenvalue weighted by Crippen LogP contribution is 2.30. The van der Waals surface area contributed by atoms with Gasteiger partial charge in [-0.3, -0.25) is 4.79 Å². The minimum atomic E-state index is 0. The summed E-state index contributed by atoms with van der Waals surface area (Å²) in [6.07, 6.45) is 3.92. The summed E-state index contributed by atoms with van der Waals surface area (Å²) in [7, 11) is 0. The molecular weight excluding hydrogens is 381 g/mol. The second-order valence-electron chi connectivity index (χ2n) is 7.00. The van der Waals surface area contributed by atoms with E-state index < -0.39 is 0 Å². The van der Waals surface area contributed by atoms with E-state index in [-0.39, 0.29) is 30.7 Å².